The number of aromatic nitrogens is 1. The van der Waals surface area contributed by atoms with Crippen LogP contribution in [0.4, 0.5) is 0 Å². The molecule has 6 heteroatoms. The Kier molecular flexibility index (Phi) is 4.82. The van der Waals surface area contributed by atoms with Crippen molar-refractivity contribution in [3.8, 4) is 0 Å². The number of hydrogen-bond acceptors (Lipinski definition) is 4. The average Bonchev–Trinajstić information content (AvgIpc) is 2.56. The summed E-state index contributed by atoms with van der Waals surface area (Å²) in [5.41, 5.74) is 0.631. The average molecular weight is 380 g/mol. The summed E-state index contributed by atoms with van der Waals surface area (Å²) < 4.78 is 13.4. The molecule has 2 heterocycles. The van der Waals surface area contributed by atoms with E-state index in [4.69, 9.17) is 9.47 Å². The molecule has 0 unspecified atom stereocenters. The van der Waals surface area contributed by atoms with Gasteiger partial charge in [0.05, 0.1) is 12.1 Å². The molecule has 5 nitrogen and oxygen atoms in total. The highest BCUT2D eigenvalue weighted by atomic mass is 79.9. The third-order valence-corrected chi connectivity index (χ3v) is 4.57. The second-order valence-corrected chi connectivity index (χ2v) is 6.42. The normalized spacial score (nSPS) is 15.7. The second kappa shape index (κ2) is 6.84. The number of esters is 1. The van der Waals surface area contributed by atoms with Crippen LogP contribution in [0, 0.1) is 0 Å². The third-order valence-electron chi connectivity index (χ3n) is 4.07. The third kappa shape index (κ3) is 3.19. The summed E-state index contributed by atoms with van der Waals surface area (Å²) in [5, 5.41) is 0.533. The van der Waals surface area contributed by atoms with Crippen molar-refractivity contribution in [2.45, 2.75) is 25.8 Å². The van der Waals surface area contributed by atoms with Crippen molar-refractivity contribution in [2.24, 2.45) is 0 Å². The molecule has 0 aliphatic carbocycles. The molecule has 23 heavy (non-hydrogen) atoms. The molecule has 1 aliphatic heterocycles. The first kappa shape index (κ1) is 16.2. The molecule has 0 N–H and O–H groups in total. The van der Waals surface area contributed by atoms with Crippen molar-refractivity contribution in [2.75, 3.05) is 19.8 Å². The summed E-state index contributed by atoms with van der Waals surface area (Å²) in [7, 11) is 0. The number of ether oxygens (including phenoxy) is 2. The van der Waals surface area contributed by atoms with Crippen molar-refractivity contribution in [1.82, 2.24) is 4.57 Å². The van der Waals surface area contributed by atoms with E-state index in [2.05, 4.69) is 15.9 Å². The van der Waals surface area contributed by atoms with Gasteiger partial charge in [-0.05, 0) is 38.0 Å². The highest BCUT2D eigenvalue weighted by molar-refractivity contribution is 9.10. The van der Waals surface area contributed by atoms with Crippen LogP contribution in [0.1, 0.15) is 36.2 Å². The molecular formula is C17H18BrNO4. The summed E-state index contributed by atoms with van der Waals surface area (Å²) in [6.07, 6.45) is 3.35. The van der Waals surface area contributed by atoms with Gasteiger partial charge in [0.15, 0.2) is 0 Å². The number of carbonyl (C=O) groups is 1. The molecule has 0 amide bonds. The summed E-state index contributed by atoms with van der Waals surface area (Å²) in [5.74, 6) is -0.567. The van der Waals surface area contributed by atoms with Gasteiger partial charge in [-0.1, -0.05) is 15.9 Å². The lowest BCUT2D eigenvalue weighted by atomic mass is 10.1. The summed E-state index contributed by atoms with van der Waals surface area (Å²) in [6, 6.07) is 5.68. The van der Waals surface area contributed by atoms with E-state index in [9.17, 15) is 9.59 Å². The van der Waals surface area contributed by atoms with Crippen LogP contribution >= 0.6 is 15.9 Å². The van der Waals surface area contributed by atoms with Gasteiger partial charge in [0.25, 0.3) is 0 Å². The zero-order valence-electron chi connectivity index (χ0n) is 12.9. The van der Waals surface area contributed by atoms with Gasteiger partial charge >= 0.3 is 5.97 Å². The van der Waals surface area contributed by atoms with Crippen LogP contribution in [0.3, 0.4) is 0 Å². The molecule has 0 spiro atoms. The van der Waals surface area contributed by atoms with Gasteiger partial charge < -0.3 is 14.0 Å². The Bertz CT molecular complexity index is 793. The number of halogens is 1. The lowest BCUT2D eigenvalue weighted by Crippen LogP contribution is -2.25. The smallest absolute Gasteiger partial charge is 0.343 e. The maximum atomic E-state index is 12.6. The van der Waals surface area contributed by atoms with Gasteiger partial charge in [0, 0.05) is 35.3 Å². The monoisotopic (exact) mass is 379 g/mol. The van der Waals surface area contributed by atoms with Crippen LogP contribution in [-0.4, -0.2) is 30.4 Å². The van der Waals surface area contributed by atoms with Gasteiger partial charge in [-0.25, -0.2) is 4.79 Å². The van der Waals surface area contributed by atoms with Crippen molar-refractivity contribution >= 4 is 32.8 Å². The van der Waals surface area contributed by atoms with Gasteiger partial charge in [-0.2, -0.15) is 0 Å². The van der Waals surface area contributed by atoms with E-state index in [-0.39, 0.29) is 23.6 Å². The Morgan fingerprint density at radius 1 is 1.39 bits per heavy atom. The number of nitrogens with zero attached hydrogens (tertiary/aromatic N) is 1. The van der Waals surface area contributed by atoms with Crippen LogP contribution in [0.5, 0.6) is 0 Å². The fraction of sp³-hybridized carbons (Fsp3) is 0.412. The topological polar surface area (TPSA) is 57.5 Å². The largest absolute Gasteiger partial charge is 0.462 e. The first-order valence-electron chi connectivity index (χ1n) is 7.71. The van der Waals surface area contributed by atoms with E-state index < -0.39 is 5.97 Å². The fourth-order valence-corrected chi connectivity index (χ4v) is 3.29. The molecule has 1 saturated heterocycles. The predicted molar refractivity (Wildman–Crippen MR) is 91.0 cm³/mol. The number of fused-ring (bicyclic) bond motifs is 1. The minimum Gasteiger partial charge on any atom is -0.462 e. The quantitative estimate of drug-likeness (QED) is 0.767. The summed E-state index contributed by atoms with van der Waals surface area (Å²) >= 11 is 3.46. The standard InChI is InChI=1S/C17H18BrNO4/c1-2-23-17(21)14-10-19(12-5-7-22-8-6-12)15-9-11(18)3-4-13(15)16(14)20/h3-4,9-10,12H,2,5-8H2,1H3. The minimum atomic E-state index is -0.567. The zero-order valence-corrected chi connectivity index (χ0v) is 14.5. The van der Waals surface area contributed by atoms with E-state index in [1.165, 1.54) is 0 Å². The van der Waals surface area contributed by atoms with Crippen LogP contribution < -0.4 is 5.43 Å². The predicted octanol–water partition coefficient (Wildman–Crippen LogP) is 3.29. The lowest BCUT2D eigenvalue weighted by molar-refractivity contribution is 0.0522. The highest BCUT2D eigenvalue weighted by Crippen LogP contribution is 2.27. The van der Waals surface area contributed by atoms with E-state index in [0.717, 1.165) is 22.8 Å². The molecule has 1 aromatic heterocycles. The van der Waals surface area contributed by atoms with E-state index in [0.29, 0.717) is 18.6 Å². The Morgan fingerprint density at radius 2 is 2.13 bits per heavy atom. The molecular weight excluding hydrogens is 362 g/mol. The summed E-state index contributed by atoms with van der Waals surface area (Å²) in [6.45, 7) is 3.34. The van der Waals surface area contributed by atoms with E-state index in [1.54, 1.807) is 19.2 Å². The molecule has 0 saturated carbocycles. The Balaban J connectivity index is 2.22. The number of carbonyl (C=O) groups excluding carboxylic acids is 1. The maximum absolute atomic E-state index is 12.6. The SMILES string of the molecule is CCOC(=O)c1cn(C2CCOCC2)c2cc(Br)ccc2c1=O. The zero-order chi connectivity index (χ0) is 16.4. The van der Waals surface area contributed by atoms with Crippen molar-refractivity contribution in [3.05, 3.63) is 44.7 Å². The van der Waals surface area contributed by atoms with Gasteiger partial charge in [-0.3, -0.25) is 4.79 Å². The Hall–Kier alpha value is -1.66. The van der Waals surface area contributed by atoms with Crippen molar-refractivity contribution < 1.29 is 14.3 Å². The van der Waals surface area contributed by atoms with Crippen molar-refractivity contribution in [1.29, 1.82) is 0 Å². The minimum absolute atomic E-state index is 0.0909. The number of pyridine rings is 1. The maximum Gasteiger partial charge on any atom is 0.343 e. The molecule has 0 bridgehead atoms. The van der Waals surface area contributed by atoms with Gasteiger partial charge in [0.2, 0.25) is 5.43 Å². The van der Waals surface area contributed by atoms with E-state index in [1.807, 2.05) is 16.7 Å². The molecule has 1 aliphatic rings. The molecule has 0 atom stereocenters. The molecule has 2 aromatic rings. The Morgan fingerprint density at radius 3 is 2.83 bits per heavy atom. The second-order valence-electron chi connectivity index (χ2n) is 5.50. The number of hydrogen-bond donors (Lipinski definition) is 0. The Labute approximate surface area is 142 Å². The molecule has 1 aromatic carbocycles. The van der Waals surface area contributed by atoms with E-state index >= 15 is 0 Å². The fourth-order valence-electron chi connectivity index (χ4n) is 2.94. The lowest BCUT2D eigenvalue weighted by Gasteiger charge is -2.27. The first-order valence-corrected chi connectivity index (χ1v) is 8.50. The molecule has 1 fully saturated rings. The van der Waals surface area contributed by atoms with Crippen molar-refractivity contribution in [3.63, 3.8) is 0 Å². The molecule has 0 radical (unpaired) electrons. The van der Waals surface area contributed by atoms with Crippen LogP contribution in [0.15, 0.2) is 33.7 Å². The van der Waals surface area contributed by atoms with Crippen LogP contribution in [0.25, 0.3) is 10.9 Å². The molecule has 122 valence electrons. The summed E-state index contributed by atoms with van der Waals surface area (Å²) in [4.78, 5) is 24.8. The highest BCUT2D eigenvalue weighted by Gasteiger charge is 2.22. The first-order chi connectivity index (χ1) is 11.1. The van der Waals surface area contributed by atoms with Gasteiger partial charge in [0.1, 0.15) is 5.56 Å². The number of benzene rings is 1. The van der Waals surface area contributed by atoms with Crippen LogP contribution in [0.2, 0.25) is 0 Å². The van der Waals surface area contributed by atoms with Gasteiger partial charge in [-0.15, -0.1) is 0 Å². The molecule has 3 rings (SSSR count). The number of rotatable bonds is 3. The van der Waals surface area contributed by atoms with Crippen LogP contribution in [-0.2, 0) is 9.47 Å².